The number of carboxylic acid groups (broad SMARTS) is 1. The molecule has 0 aromatic heterocycles. The number of amidine groups is 1. The van der Waals surface area contributed by atoms with Crippen molar-refractivity contribution in [2.45, 2.75) is 25.3 Å². The van der Waals surface area contributed by atoms with Gasteiger partial charge in [-0.2, -0.15) is 0 Å². The summed E-state index contributed by atoms with van der Waals surface area (Å²) in [6, 6.07) is -0.938. The van der Waals surface area contributed by atoms with Crippen LogP contribution in [0, 0.1) is 10.8 Å². The molecule has 6 nitrogen and oxygen atoms in total. The molecule has 1 heterocycles. The van der Waals surface area contributed by atoms with Crippen LogP contribution in [-0.4, -0.2) is 36.0 Å². The highest BCUT2D eigenvalue weighted by Crippen LogP contribution is 2.33. The molecular formula is C9H18N4O2. The summed E-state index contributed by atoms with van der Waals surface area (Å²) < 4.78 is 0. The van der Waals surface area contributed by atoms with Crippen molar-refractivity contribution >= 4 is 11.8 Å². The van der Waals surface area contributed by atoms with E-state index in [4.69, 9.17) is 22.0 Å². The highest BCUT2D eigenvalue weighted by atomic mass is 16.4. The molecule has 0 aromatic carbocycles. The van der Waals surface area contributed by atoms with Crippen LogP contribution in [0.15, 0.2) is 0 Å². The van der Waals surface area contributed by atoms with E-state index in [9.17, 15) is 4.79 Å². The molecule has 1 aliphatic heterocycles. The van der Waals surface area contributed by atoms with E-state index in [0.29, 0.717) is 12.8 Å². The van der Waals surface area contributed by atoms with Crippen LogP contribution in [0.3, 0.4) is 0 Å². The minimum Gasteiger partial charge on any atom is -0.480 e. The number of hydrogen-bond donors (Lipinski definition) is 5. The Kier molecular flexibility index (Phi) is 3.65. The highest BCUT2D eigenvalue weighted by Gasteiger charge is 2.38. The van der Waals surface area contributed by atoms with Crippen molar-refractivity contribution in [3.05, 3.63) is 0 Å². The zero-order valence-electron chi connectivity index (χ0n) is 8.62. The van der Waals surface area contributed by atoms with Gasteiger partial charge in [0.15, 0.2) is 0 Å². The smallest absolute Gasteiger partial charge is 0.320 e. The van der Waals surface area contributed by atoms with Crippen molar-refractivity contribution in [2.24, 2.45) is 16.9 Å². The Balaban J connectivity index is 2.72. The van der Waals surface area contributed by atoms with Crippen LogP contribution in [0.4, 0.5) is 0 Å². The summed E-state index contributed by atoms with van der Waals surface area (Å²) in [4.78, 5) is 10.7. The number of rotatable bonds is 4. The molecule has 86 valence electrons. The van der Waals surface area contributed by atoms with Gasteiger partial charge in [-0.1, -0.05) is 0 Å². The monoisotopic (exact) mass is 214 g/mol. The second-order valence-corrected chi connectivity index (χ2v) is 4.09. The Labute approximate surface area is 88.5 Å². The molecule has 1 rings (SSSR count). The maximum absolute atomic E-state index is 10.7. The second kappa shape index (κ2) is 4.59. The van der Waals surface area contributed by atoms with Crippen molar-refractivity contribution in [1.29, 1.82) is 5.41 Å². The fourth-order valence-corrected chi connectivity index (χ4v) is 2.00. The molecule has 0 aliphatic carbocycles. The molecule has 0 spiro atoms. The molecular weight excluding hydrogens is 196 g/mol. The van der Waals surface area contributed by atoms with Crippen LogP contribution >= 0.6 is 0 Å². The molecule has 7 N–H and O–H groups in total. The average molecular weight is 214 g/mol. The van der Waals surface area contributed by atoms with Gasteiger partial charge in [0.2, 0.25) is 0 Å². The van der Waals surface area contributed by atoms with Crippen LogP contribution < -0.4 is 16.8 Å². The van der Waals surface area contributed by atoms with Crippen molar-refractivity contribution in [1.82, 2.24) is 5.32 Å². The Morgan fingerprint density at radius 1 is 1.53 bits per heavy atom. The maximum atomic E-state index is 10.7. The predicted octanol–water partition coefficient (Wildman–Crippen LogP) is -0.906. The summed E-state index contributed by atoms with van der Waals surface area (Å²) >= 11 is 0. The first-order valence-electron chi connectivity index (χ1n) is 5.01. The van der Waals surface area contributed by atoms with Gasteiger partial charge in [0.05, 0.1) is 5.84 Å². The zero-order chi connectivity index (χ0) is 11.5. The molecule has 0 bridgehead atoms. The van der Waals surface area contributed by atoms with Crippen molar-refractivity contribution in [3.63, 3.8) is 0 Å². The second-order valence-electron chi connectivity index (χ2n) is 4.09. The highest BCUT2D eigenvalue weighted by molar-refractivity contribution is 5.85. The molecule has 0 aromatic rings. The molecule has 1 saturated heterocycles. The quantitative estimate of drug-likeness (QED) is 0.306. The number of nitrogens with one attached hydrogen (secondary N) is 2. The third-order valence-electron chi connectivity index (χ3n) is 3.06. The lowest BCUT2D eigenvalue weighted by Gasteiger charge is -2.37. The van der Waals surface area contributed by atoms with Gasteiger partial charge in [-0.05, 0) is 32.4 Å². The van der Waals surface area contributed by atoms with Gasteiger partial charge in [-0.3, -0.25) is 10.2 Å². The third kappa shape index (κ3) is 2.66. The summed E-state index contributed by atoms with van der Waals surface area (Å²) in [5, 5.41) is 19.5. The first-order valence-corrected chi connectivity index (χ1v) is 5.01. The number of aliphatic carboxylic acids is 1. The molecule has 1 fully saturated rings. The molecule has 0 unspecified atom stereocenters. The van der Waals surface area contributed by atoms with E-state index in [1.807, 2.05) is 0 Å². The zero-order valence-corrected chi connectivity index (χ0v) is 8.62. The van der Waals surface area contributed by atoms with Gasteiger partial charge in [-0.15, -0.1) is 0 Å². The summed E-state index contributed by atoms with van der Waals surface area (Å²) in [5.74, 6) is -0.977. The Bertz CT molecular complexity index is 261. The summed E-state index contributed by atoms with van der Waals surface area (Å²) in [7, 11) is 0. The fourth-order valence-electron chi connectivity index (χ4n) is 2.00. The van der Waals surface area contributed by atoms with Crippen LogP contribution in [0.5, 0.6) is 0 Å². The largest absolute Gasteiger partial charge is 0.480 e. The first kappa shape index (κ1) is 11.9. The summed E-state index contributed by atoms with van der Waals surface area (Å²) in [6.45, 7) is 1.51. The number of carbonyl (C=O) groups is 1. The molecule has 0 amide bonds. The van der Waals surface area contributed by atoms with E-state index in [2.05, 4.69) is 5.32 Å². The van der Waals surface area contributed by atoms with E-state index >= 15 is 0 Å². The average Bonchev–Trinajstić information content (AvgIpc) is 2.18. The number of nitrogens with two attached hydrogens (primary N) is 2. The van der Waals surface area contributed by atoms with E-state index in [0.717, 1.165) is 13.1 Å². The fraction of sp³-hybridized carbons (Fsp3) is 0.778. The SMILES string of the molecule is N=C(N)C1(C[C@H](N)C(=O)O)CCNCC1. The van der Waals surface area contributed by atoms with E-state index in [1.54, 1.807) is 0 Å². The lowest BCUT2D eigenvalue weighted by Crippen LogP contribution is -2.49. The Hall–Kier alpha value is -1.14. The first-order chi connectivity index (χ1) is 6.98. The molecule has 15 heavy (non-hydrogen) atoms. The minimum absolute atomic E-state index is 0.0562. The van der Waals surface area contributed by atoms with Crippen LogP contribution in [0.2, 0.25) is 0 Å². The Morgan fingerprint density at radius 2 is 2.07 bits per heavy atom. The number of carboxylic acids is 1. The van der Waals surface area contributed by atoms with E-state index in [1.165, 1.54) is 0 Å². The van der Waals surface area contributed by atoms with Crippen molar-refractivity contribution < 1.29 is 9.90 Å². The molecule has 0 saturated carbocycles. The third-order valence-corrected chi connectivity index (χ3v) is 3.06. The van der Waals surface area contributed by atoms with Gasteiger partial charge in [0.25, 0.3) is 0 Å². The van der Waals surface area contributed by atoms with Gasteiger partial charge in [0, 0.05) is 5.41 Å². The van der Waals surface area contributed by atoms with Gasteiger partial charge >= 0.3 is 5.97 Å². The van der Waals surface area contributed by atoms with E-state index < -0.39 is 17.4 Å². The topological polar surface area (TPSA) is 125 Å². The normalized spacial score (nSPS) is 21.9. The Morgan fingerprint density at radius 3 is 2.47 bits per heavy atom. The van der Waals surface area contributed by atoms with E-state index in [-0.39, 0.29) is 12.3 Å². The lowest BCUT2D eigenvalue weighted by atomic mass is 9.73. The molecule has 0 radical (unpaired) electrons. The maximum Gasteiger partial charge on any atom is 0.320 e. The number of piperidine rings is 1. The molecule has 1 atom stereocenters. The van der Waals surface area contributed by atoms with Crippen LogP contribution in [0.1, 0.15) is 19.3 Å². The van der Waals surface area contributed by atoms with Crippen LogP contribution in [0.25, 0.3) is 0 Å². The van der Waals surface area contributed by atoms with Crippen molar-refractivity contribution in [3.8, 4) is 0 Å². The minimum atomic E-state index is -1.03. The van der Waals surface area contributed by atoms with Gasteiger partial charge in [0.1, 0.15) is 6.04 Å². The summed E-state index contributed by atoms with van der Waals surface area (Å²) in [5.41, 5.74) is 10.5. The number of hydrogen-bond acceptors (Lipinski definition) is 4. The van der Waals surface area contributed by atoms with Crippen LogP contribution in [-0.2, 0) is 4.79 Å². The standard InChI is InChI=1S/C9H18N4O2/c10-6(7(14)15)5-9(8(11)12)1-3-13-4-2-9/h6,13H,1-5,10H2,(H3,11,12)(H,14,15)/t6-/m0/s1. The molecule has 6 heteroatoms. The molecule has 1 aliphatic rings. The van der Waals surface area contributed by atoms with Crippen molar-refractivity contribution in [2.75, 3.05) is 13.1 Å². The van der Waals surface area contributed by atoms with Gasteiger partial charge < -0.3 is 21.9 Å². The van der Waals surface area contributed by atoms with Gasteiger partial charge in [-0.25, -0.2) is 0 Å². The predicted molar refractivity (Wildman–Crippen MR) is 56.7 cm³/mol. The summed E-state index contributed by atoms with van der Waals surface area (Å²) in [6.07, 6.45) is 1.62. The lowest BCUT2D eigenvalue weighted by molar-refractivity contribution is -0.139.